The van der Waals surface area contributed by atoms with Crippen molar-refractivity contribution in [2.75, 3.05) is 6.61 Å². The lowest BCUT2D eigenvalue weighted by Crippen LogP contribution is -2.72. The van der Waals surface area contributed by atoms with E-state index in [2.05, 4.69) is 33.4 Å². The summed E-state index contributed by atoms with van der Waals surface area (Å²) in [6.07, 6.45) is 47.3. The quantitative estimate of drug-likeness (QED) is 0.0206. The van der Waals surface area contributed by atoms with Crippen LogP contribution in [0.5, 0.6) is 0 Å². The number of epoxide rings is 1. The average Bonchev–Trinajstić information content (AvgIpc) is 3.96. The lowest BCUT2D eigenvalue weighted by Gasteiger charge is -2.59. The molecule has 69 heavy (non-hydrogen) atoms. The number of aliphatic hydroxyl groups is 2. The maximum absolute atomic E-state index is 14.2. The van der Waals surface area contributed by atoms with Gasteiger partial charge in [0.15, 0.2) is 17.0 Å². The molecule has 0 radical (unpaired) electrons. The van der Waals surface area contributed by atoms with Gasteiger partial charge in [-0.2, -0.15) is 0 Å². The molecule has 3 aliphatic carbocycles. The molecule has 392 valence electrons. The van der Waals surface area contributed by atoms with Crippen molar-refractivity contribution in [2.45, 2.75) is 293 Å². The van der Waals surface area contributed by atoms with Crippen molar-refractivity contribution in [3.63, 3.8) is 0 Å². The van der Waals surface area contributed by atoms with Gasteiger partial charge in [0.25, 0.3) is 0 Å². The molecule has 3 bridgehead atoms. The number of allylic oxidation sites excluding steroid dienone is 3. The molecule has 2 saturated carbocycles. The molecule has 2 N–H and O–H groups in total. The number of fused-ring (bicyclic) bond motifs is 3. The van der Waals surface area contributed by atoms with E-state index in [0.29, 0.717) is 12.0 Å². The van der Waals surface area contributed by atoms with Gasteiger partial charge in [-0.3, -0.25) is 9.59 Å². The predicted molar refractivity (Wildman–Crippen MR) is 276 cm³/mol. The van der Waals surface area contributed by atoms with Crippen LogP contribution in [0.1, 0.15) is 247 Å². The van der Waals surface area contributed by atoms with Crippen LogP contribution in [0.15, 0.2) is 48.1 Å². The fraction of sp³-hybridized carbons (Fsp3) is 0.833. The number of esters is 1. The predicted octanol–water partition coefficient (Wildman–Crippen LogP) is 14.4. The van der Waals surface area contributed by atoms with Gasteiger partial charge in [-0.25, -0.2) is 0 Å². The molecule has 9 nitrogen and oxygen atoms in total. The molecule has 11 atom stereocenters. The Morgan fingerprint density at radius 3 is 1.72 bits per heavy atom. The minimum absolute atomic E-state index is 0.261. The molecule has 11 unspecified atom stereocenters. The Labute approximate surface area is 419 Å². The second-order valence-corrected chi connectivity index (χ2v) is 22.8. The monoisotopic (exact) mass is 963 g/mol. The summed E-state index contributed by atoms with van der Waals surface area (Å²) in [6.45, 7) is 14.3. The summed E-state index contributed by atoms with van der Waals surface area (Å²) < 4.78 is 33.4. The Morgan fingerprint density at radius 1 is 0.725 bits per heavy atom. The van der Waals surface area contributed by atoms with Crippen molar-refractivity contribution in [3.05, 3.63) is 48.1 Å². The Morgan fingerprint density at radius 2 is 1.22 bits per heavy atom. The first-order valence-electron chi connectivity index (χ1n) is 28.9. The van der Waals surface area contributed by atoms with Crippen molar-refractivity contribution in [3.8, 4) is 0 Å². The molecule has 6 rings (SSSR count). The second kappa shape index (κ2) is 26.7. The molecule has 3 saturated heterocycles. The van der Waals surface area contributed by atoms with Crippen LogP contribution in [0, 0.1) is 17.8 Å². The first-order chi connectivity index (χ1) is 33.4. The Kier molecular flexibility index (Phi) is 21.7. The highest BCUT2D eigenvalue weighted by atomic mass is 16.9. The third-order valence-corrected chi connectivity index (χ3v) is 17.4. The summed E-state index contributed by atoms with van der Waals surface area (Å²) in [4.78, 5) is 27.5. The van der Waals surface area contributed by atoms with E-state index in [-0.39, 0.29) is 24.9 Å². The molecule has 6 aliphatic rings. The molecule has 0 aromatic rings. The normalized spacial score (nSPS) is 34.0. The number of carbonyl (C=O) groups excluding carboxylic acids is 2. The molecular formula is C60H98O9. The molecule has 0 aromatic carbocycles. The molecule has 0 amide bonds. The van der Waals surface area contributed by atoms with Crippen molar-refractivity contribution < 1.29 is 43.5 Å². The lowest BCUT2D eigenvalue weighted by molar-refractivity contribution is -0.406. The molecule has 9 heteroatoms. The van der Waals surface area contributed by atoms with E-state index < -0.39 is 64.3 Å². The Hall–Kier alpha value is -2.14. The zero-order valence-corrected chi connectivity index (χ0v) is 44.4. The van der Waals surface area contributed by atoms with Crippen LogP contribution in [0.25, 0.3) is 0 Å². The van der Waals surface area contributed by atoms with E-state index in [4.69, 9.17) is 23.7 Å². The van der Waals surface area contributed by atoms with Gasteiger partial charge in [-0.15, -0.1) is 0 Å². The number of unbranched alkanes of at least 4 members (excludes halogenated alkanes) is 29. The van der Waals surface area contributed by atoms with Gasteiger partial charge in [0.2, 0.25) is 0 Å². The van der Waals surface area contributed by atoms with Gasteiger partial charge in [0, 0.05) is 24.3 Å². The van der Waals surface area contributed by atoms with Crippen LogP contribution >= 0.6 is 0 Å². The van der Waals surface area contributed by atoms with Crippen LogP contribution in [0.3, 0.4) is 0 Å². The Bertz CT molecular complexity index is 1720. The zero-order valence-electron chi connectivity index (χ0n) is 44.4. The van der Waals surface area contributed by atoms with Crippen molar-refractivity contribution >= 4 is 11.8 Å². The summed E-state index contributed by atoms with van der Waals surface area (Å²) >= 11 is 0. The summed E-state index contributed by atoms with van der Waals surface area (Å²) in [6, 6.07) is 0. The van der Waals surface area contributed by atoms with E-state index >= 15 is 0 Å². The number of Topliss-reactive ketones (excluding diaryl/α,β-unsaturated/α-hetero) is 1. The first kappa shape index (κ1) is 56.2. The molecule has 3 heterocycles. The number of hydrogen-bond acceptors (Lipinski definition) is 9. The van der Waals surface area contributed by atoms with Crippen LogP contribution < -0.4 is 0 Å². The first-order valence-corrected chi connectivity index (χ1v) is 28.9. The van der Waals surface area contributed by atoms with Crippen LogP contribution in [-0.4, -0.2) is 75.3 Å². The number of hydrogen-bond donors (Lipinski definition) is 2. The number of rotatable bonds is 37. The van der Waals surface area contributed by atoms with E-state index in [1.54, 1.807) is 19.1 Å². The maximum Gasteiger partial charge on any atom is 0.306 e. The van der Waals surface area contributed by atoms with Crippen LogP contribution in [0.4, 0.5) is 0 Å². The Balaban J connectivity index is 0.931. The van der Waals surface area contributed by atoms with E-state index in [1.165, 1.54) is 167 Å². The second-order valence-electron chi connectivity index (χ2n) is 22.8. The topological polar surface area (TPSA) is 124 Å². The highest BCUT2D eigenvalue weighted by molar-refractivity contribution is 6.05. The summed E-state index contributed by atoms with van der Waals surface area (Å²) in [5.41, 5.74) is -4.85. The summed E-state index contributed by atoms with van der Waals surface area (Å²) in [5, 5.41) is 25.1. The van der Waals surface area contributed by atoms with Gasteiger partial charge in [0.05, 0.1) is 5.60 Å². The smallest absolute Gasteiger partial charge is 0.306 e. The molecule has 5 fully saturated rings. The standard InChI is InChI=1S/C60H98O9/c1-7-9-11-13-15-17-19-20-21-22-23-24-25-26-27-28-29-30-31-33-35-37-39-41-50(61)65-45-57-54(66-57)51-53-56(46(3)4)44-48(6)60(51,49-43-47(5)52(62)59(49,64)55(57)63)69-58(67-53,68-56)42-40-38-36-34-32-18-16-14-12-10-8-2/h36,38,40,42-43,48-49,51,53-55,63-64H,3,7-35,37,39,41,44-45H2,1-2,4-6H3. The third-order valence-electron chi connectivity index (χ3n) is 17.4. The fourth-order valence-corrected chi connectivity index (χ4v) is 13.3. The molecular weight excluding hydrogens is 865 g/mol. The minimum atomic E-state index is -2.28. The molecule has 0 aromatic heterocycles. The summed E-state index contributed by atoms with van der Waals surface area (Å²) in [7, 11) is 0. The van der Waals surface area contributed by atoms with Crippen LogP contribution in [-0.2, 0) is 33.3 Å². The van der Waals surface area contributed by atoms with E-state index in [1.807, 2.05) is 19.1 Å². The largest absolute Gasteiger partial charge is 0.462 e. The molecule has 3 aliphatic heterocycles. The third kappa shape index (κ3) is 13.0. The SMILES string of the molecule is C=C(C)C12CC(C)C34OC(C=CC=CCCCCCCCCC)(OC1C3C1OC1(COC(=O)CCCCCCCCCCCCCCCCCCCCCCCCC)C(O)C1(O)C(=O)C(C)=CC14)O2. The lowest BCUT2D eigenvalue weighted by atomic mass is 9.54. The van der Waals surface area contributed by atoms with Gasteiger partial charge in [-0.05, 0) is 56.6 Å². The van der Waals surface area contributed by atoms with Gasteiger partial charge in [0.1, 0.15) is 30.5 Å². The van der Waals surface area contributed by atoms with Crippen molar-refractivity contribution in [2.24, 2.45) is 17.8 Å². The van der Waals surface area contributed by atoms with E-state index in [0.717, 1.165) is 37.7 Å². The van der Waals surface area contributed by atoms with Crippen molar-refractivity contribution in [1.82, 2.24) is 0 Å². The molecule has 0 spiro atoms. The van der Waals surface area contributed by atoms with Crippen molar-refractivity contribution in [1.29, 1.82) is 0 Å². The maximum atomic E-state index is 14.2. The minimum Gasteiger partial charge on any atom is -0.462 e. The number of ether oxygens (including phenoxy) is 5. The average molecular weight is 963 g/mol. The fourth-order valence-electron chi connectivity index (χ4n) is 13.3. The van der Waals surface area contributed by atoms with Gasteiger partial charge in [-0.1, -0.05) is 231 Å². The number of ketones is 1. The highest BCUT2D eigenvalue weighted by Crippen LogP contribution is 2.72. The van der Waals surface area contributed by atoms with Gasteiger partial charge < -0.3 is 33.9 Å². The van der Waals surface area contributed by atoms with Crippen LogP contribution in [0.2, 0.25) is 0 Å². The van der Waals surface area contributed by atoms with E-state index in [9.17, 15) is 19.8 Å². The number of carbonyl (C=O) groups is 2. The number of aliphatic hydroxyl groups excluding tert-OH is 1. The highest BCUT2D eigenvalue weighted by Gasteiger charge is 2.88. The summed E-state index contributed by atoms with van der Waals surface area (Å²) in [5.74, 6) is -4.34. The zero-order chi connectivity index (χ0) is 49.4. The van der Waals surface area contributed by atoms with Gasteiger partial charge >= 0.3 is 11.9 Å².